The van der Waals surface area contributed by atoms with Crippen LogP contribution in [0.5, 0.6) is 0 Å². The van der Waals surface area contributed by atoms with Crippen LogP contribution in [0.25, 0.3) is 10.4 Å². The van der Waals surface area contributed by atoms with Gasteiger partial charge < -0.3 is 15.0 Å². The first-order valence-corrected chi connectivity index (χ1v) is 6.36. The van der Waals surface area contributed by atoms with Crippen molar-refractivity contribution in [3.05, 3.63) is 10.4 Å². The zero-order valence-corrected chi connectivity index (χ0v) is 11.1. The highest BCUT2D eigenvalue weighted by Gasteiger charge is 2.35. The molecule has 0 aliphatic rings. The molecule has 2 N–H and O–H groups in total. The van der Waals surface area contributed by atoms with Crippen LogP contribution in [0, 0.1) is 5.92 Å². The number of carbonyl (C=O) groups is 1. The maximum absolute atomic E-state index is 11.0. The van der Waals surface area contributed by atoms with Gasteiger partial charge in [-0.1, -0.05) is 37.7 Å². The molecule has 104 valence electrons. The minimum Gasteiger partial charge on any atom is -0.389 e. The lowest BCUT2D eigenvalue weighted by Gasteiger charge is -2.31. The number of aldehydes is 1. The van der Waals surface area contributed by atoms with E-state index in [0.717, 1.165) is 25.7 Å². The normalized spacial score (nSPS) is 17.3. The van der Waals surface area contributed by atoms with Crippen LogP contribution >= 0.6 is 0 Å². The van der Waals surface area contributed by atoms with Crippen LogP contribution in [0.3, 0.4) is 0 Å². The van der Waals surface area contributed by atoms with E-state index in [4.69, 9.17) is 5.53 Å². The van der Waals surface area contributed by atoms with E-state index in [0.29, 0.717) is 12.7 Å². The molecule has 0 heterocycles. The SMILES string of the molecule is CCCCCC[C@H](C=O)[C@@H](O)C(C)(O)CN=[N+]=[N-]. The monoisotopic (exact) mass is 257 g/mol. The number of nitrogens with zero attached hydrogens (tertiary/aromatic N) is 3. The average Bonchev–Trinajstić information content (AvgIpc) is 2.36. The molecule has 0 aromatic carbocycles. The Morgan fingerprint density at radius 1 is 1.44 bits per heavy atom. The molecule has 3 atom stereocenters. The summed E-state index contributed by atoms with van der Waals surface area (Å²) in [5.74, 6) is -0.620. The highest BCUT2D eigenvalue weighted by Crippen LogP contribution is 2.22. The van der Waals surface area contributed by atoms with Crippen molar-refractivity contribution in [2.24, 2.45) is 11.0 Å². The molecule has 0 saturated carbocycles. The van der Waals surface area contributed by atoms with Gasteiger partial charge in [-0.25, -0.2) is 0 Å². The van der Waals surface area contributed by atoms with E-state index < -0.39 is 17.6 Å². The summed E-state index contributed by atoms with van der Waals surface area (Å²) < 4.78 is 0. The summed E-state index contributed by atoms with van der Waals surface area (Å²) in [4.78, 5) is 13.5. The molecular weight excluding hydrogens is 234 g/mol. The Balaban J connectivity index is 4.35. The third-order valence-electron chi connectivity index (χ3n) is 3.06. The Kier molecular flexibility index (Phi) is 8.37. The quantitative estimate of drug-likeness (QED) is 0.206. The summed E-state index contributed by atoms with van der Waals surface area (Å²) in [5.41, 5.74) is 6.64. The topological polar surface area (TPSA) is 106 Å². The molecule has 6 heteroatoms. The number of aliphatic hydroxyl groups is 2. The molecule has 0 amide bonds. The molecular formula is C12H23N3O3. The van der Waals surface area contributed by atoms with Gasteiger partial charge in [0.1, 0.15) is 6.29 Å². The Morgan fingerprint density at radius 3 is 2.61 bits per heavy atom. The number of azide groups is 1. The van der Waals surface area contributed by atoms with Gasteiger partial charge in [-0.15, -0.1) is 0 Å². The number of carbonyl (C=O) groups excluding carboxylic acids is 1. The van der Waals surface area contributed by atoms with Crippen molar-refractivity contribution in [3.63, 3.8) is 0 Å². The Hall–Kier alpha value is -1.10. The number of hydrogen-bond donors (Lipinski definition) is 2. The molecule has 0 saturated heterocycles. The van der Waals surface area contributed by atoms with Crippen molar-refractivity contribution < 1.29 is 15.0 Å². The maximum atomic E-state index is 11.0. The van der Waals surface area contributed by atoms with Crippen molar-refractivity contribution in [2.75, 3.05) is 6.54 Å². The van der Waals surface area contributed by atoms with E-state index in [-0.39, 0.29) is 6.54 Å². The lowest BCUT2D eigenvalue weighted by Crippen LogP contribution is -2.47. The second-order valence-corrected chi connectivity index (χ2v) is 4.84. The van der Waals surface area contributed by atoms with Crippen molar-refractivity contribution in [1.82, 2.24) is 0 Å². The first kappa shape index (κ1) is 16.9. The van der Waals surface area contributed by atoms with E-state index >= 15 is 0 Å². The molecule has 0 aliphatic heterocycles. The van der Waals surface area contributed by atoms with Crippen LogP contribution in [0.15, 0.2) is 5.11 Å². The second kappa shape index (κ2) is 8.91. The van der Waals surface area contributed by atoms with Crippen LogP contribution in [0.1, 0.15) is 46.0 Å². The summed E-state index contributed by atoms with van der Waals surface area (Å²) in [5, 5.41) is 23.1. The van der Waals surface area contributed by atoms with Gasteiger partial charge in [0.2, 0.25) is 0 Å². The predicted octanol–water partition coefficient (Wildman–Crippen LogP) is 2.19. The lowest BCUT2D eigenvalue weighted by atomic mass is 9.86. The van der Waals surface area contributed by atoms with Crippen molar-refractivity contribution in [1.29, 1.82) is 0 Å². The molecule has 0 aromatic rings. The summed E-state index contributed by atoms with van der Waals surface area (Å²) >= 11 is 0. The predicted molar refractivity (Wildman–Crippen MR) is 69.0 cm³/mol. The maximum Gasteiger partial charge on any atom is 0.125 e. The highest BCUT2D eigenvalue weighted by atomic mass is 16.3. The van der Waals surface area contributed by atoms with Gasteiger partial charge >= 0.3 is 0 Å². The molecule has 0 bridgehead atoms. The largest absolute Gasteiger partial charge is 0.389 e. The third kappa shape index (κ3) is 6.00. The molecule has 0 rings (SSSR count). The molecule has 0 aliphatic carbocycles. The zero-order valence-electron chi connectivity index (χ0n) is 11.1. The van der Waals surface area contributed by atoms with Gasteiger partial charge in [-0.05, 0) is 18.9 Å². The van der Waals surface area contributed by atoms with E-state index in [1.54, 1.807) is 0 Å². The van der Waals surface area contributed by atoms with Crippen molar-refractivity contribution >= 4 is 6.29 Å². The summed E-state index contributed by atoms with van der Waals surface area (Å²) in [6.45, 7) is 3.22. The fourth-order valence-corrected chi connectivity index (χ4v) is 1.84. The van der Waals surface area contributed by atoms with Gasteiger partial charge in [0, 0.05) is 10.8 Å². The molecule has 0 spiro atoms. The van der Waals surface area contributed by atoms with E-state index in [9.17, 15) is 15.0 Å². The molecule has 0 radical (unpaired) electrons. The van der Waals surface area contributed by atoms with Gasteiger partial charge in [-0.2, -0.15) is 0 Å². The standard InChI is InChI=1S/C12H23N3O3/c1-3-4-5-6-7-10(8-16)11(17)12(2,18)9-14-15-13/h8,10-11,17-18H,3-7,9H2,1-2H3/t10-,11-,12?/m1/s1. The Bertz CT molecular complexity index is 288. The zero-order chi connectivity index (χ0) is 14.0. The molecule has 6 nitrogen and oxygen atoms in total. The minimum absolute atomic E-state index is 0.246. The fraction of sp³-hybridized carbons (Fsp3) is 0.917. The average molecular weight is 257 g/mol. The fourth-order valence-electron chi connectivity index (χ4n) is 1.84. The second-order valence-electron chi connectivity index (χ2n) is 4.84. The smallest absolute Gasteiger partial charge is 0.125 e. The Labute approximate surface area is 108 Å². The van der Waals surface area contributed by atoms with Gasteiger partial charge in [-0.3, -0.25) is 0 Å². The molecule has 18 heavy (non-hydrogen) atoms. The molecule has 0 fully saturated rings. The summed E-state index contributed by atoms with van der Waals surface area (Å²) in [7, 11) is 0. The Morgan fingerprint density at radius 2 is 2.11 bits per heavy atom. The number of hydrogen-bond acceptors (Lipinski definition) is 4. The van der Waals surface area contributed by atoms with Crippen LogP contribution in [0.2, 0.25) is 0 Å². The van der Waals surface area contributed by atoms with E-state index in [2.05, 4.69) is 16.9 Å². The summed E-state index contributed by atoms with van der Waals surface area (Å²) in [6.07, 6.45) is 4.04. The first-order valence-electron chi connectivity index (χ1n) is 6.36. The number of rotatable bonds is 10. The van der Waals surface area contributed by atoms with Crippen LogP contribution in [-0.2, 0) is 4.79 Å². The number of unbranched alkanes of at least 4 members (excludes halogenated alkanes) is 3. The highest BCUT2D eigenvalue weighted by molar-refractivity contribution is 5.54. The van der Waals surface area contributed by atoms with Crippen LogP contribution in [0.4, 0.5) is 0 Å². The van der Waals surface area contributed by atoms with Gasteiger partial charge in [0.25, 0.3) is 0 Å². The van der Waals surface area contributed by atoms with Crippen LogP contribution < -0.4 is 0 Å². The summed E-state index contributed by atoms with van der Waals surface area (Å²) in [6, 6.07) is 0. The van der Waals surface area contributed by atoms with Crippen LogP contribution in [-0.4, -0.2) is 34.7 Å². The van der Waals surface area contributed by atoms with E-state index in [1.807, 2.05) is 0 Å². The van der Waals surface area contributed by atoms with Crippen molar-refractivity contribution in [3.8, 4) is 0 Å². The van der Waals surface area contributed by atoms with Crippen molar-refractivity contribution in [2.45, 2.75) is 57.7 Å². The van der Waals surface area contributed by atoms with E-state index in [1.165, 1.54) is 6.92 Å². The molecule has 1 unspecified atom stereocenters. The van der Waals surface area contributed by atoms with Gasteiger partial charge in [0.15, 0.2) is 0 Å². The third-order valence-corrected chi connectivity index (χ3v) is 3.06. The van der Waals surface area contributed by atoms with Gasteiger partial charge in [0.05, 0.1) is 18.2 Å². The molecule has 0 aromatic heterocycles. The number of aliphatic hydroxyl groups excluding tert-OH is 1. The first-order chi connectivity index (χ1) is 8.49. The lowest BCUT2D eigenvalue weighted by molar-refractivity contribution is -0.125. The minimum atomic E-state index is -1.57.